The molecule has 3 aromatic rings. The third-order valence-corrected chi connectivity index (χ3v) is 8.41. The highest BCUT2D eigenvalue weighted by molar-refractivity contribution is 9.10. The summed E-state index contributed by atoms with van der Waals surface area (Å²) in [4.78, 5) is 27.6. The first-order valence-electron chi connectivity index (χ1n) is 11.1. The number of hydrogen-bond acceptors (Lipinski definition) is 6. The van der Waals surface area contributed by atoms with Crippen LogP contribution in [0.3, 0.4) is 0 Å². The van der Waals surface area contributed by atoms with Crippen LogP contribution < -0.4 is 19.7 Å². The molecule has 1 saturated heterocycles. The number of thiocarbonyl (C=S) groups is 1. The minimum absolute atomic E-state index is 0.184. The molecule has 0 saturated carbocycles. The third kappa shape index (κ3) is 6.26. The molecule has 10 heteroatoms. The van der Waals surface area contributed by atoms with Crippen LogP contribution in [0.2, 0.25) is 0 Å². The van der Waals surface area contributed by atoms with Gasteiger partial charge in [-0.2, -0.15) is 0 Å². The minimum Gasteiger partial charge on any atom is -0.493 e. The molecule has 0 unspecified atom stereocenters. The molecule has 1 aliphatic heterocycles. The van der Waals surface area contributed by atoms with Gasteiger partial charge in [-0.1, -0.05) is 61.9 Å². The Morgan fingerprint density at radius 3 is 2.49 bits per heavy atom. The van der Waals surface area contributed by atoms with Crippen LogP contribution in [-0.2, 0) is 9.59 Å². The number of nitrogens with zero attached hydrogens (tertiary/aromatic N) is 1. The zero-order valence-electron chi connectivity index (χ0n) is 20.1. The summed E-state index contributed by atoms with van der Waals surface area (Å²) in [5.41, 5.74) is 4.23. The van der Waals surface area contributed by atoms with Crippen molar-refractivity contribution in [2.45, 2.75) is 13.8 Å². The molecule has 3 aromatic carbocycles. The van der Waals surface area contributed by atoms with Gasteiger partial charge in [-0.15, -0.1) is 0 Å². The molecule has 0 bridgehead atoms. The molecule has 37 heavy (non-hydrogen) atoms. The molecule has 1 N–H and O–H groups in total. The molecule has 0 aliphatic carbocycles. The lowest BCUT2D eigenvalue weighted by Crippen LogP contribution is -2.27. The van der Waals surface area contributed by atoms with Crippen LogP contribution in [0.25, 0.3) is 6.08 Å². The highest BCUT2D eigenvalue weighted by atomic mass is 79.9. The van der Waals surface area contributed by atoms with E-state index in [4.69, 9.17) is 21.7 Å². The summed E-state index contributed by atoms with van der Waals surface area (Å²) in [6, 6.07) is 16.4. The predicted molar refractivity (Wildman–Crippen MR) is 161 cm³/mol. The van der Waals surface area contributed by atoms with E-state index in [2.05, 4.69) is 37.2 Å². The number of hydrogen-bond donors (Lipinski definition) is 1. The molecule has 4 rings (SSSR count). The smallest absolute Gasteiger partial charge is 0.270 e. The second-order valence-corrected chi connectivity index (χ2v) is 11.5. The van der Waals surface area contributed by atoms with Crippen LogP contribution in [0.5, 0.6) is 11.5 Å². The van der Waals surface area contributed by atoms with E-state index in [9.17, 15) is 9.59 Å². The number of carbonyl (C=O) groups is 2. The molecular weight excluding hydrogens is 640 g/mol. The van der Waals surface area contributed by atoms with Crippen LogP contribution >= 0.6 is 55.8 Å². The average molecular weight is 662 g/mol. The summed E-state index contributed by atoms with van der Waals surface area (Å²) < 4.78 is 13.6. The van der Waals surface area contributed by atoms with E-state index in [0.29, 0.717) is 26.4 Å². The first-order chi connectivity index (χ1) is 17.7. The van der Waals surface area contributed by atoms with Gasteiger partial charge >= 0.3 is 0 Å². The maximum absolute atomic E-state index is 13.1. The number of rotatable bonds is 7. The summed E-state index contributed by atoms with van der Waals surface area (Å²) in [5, 5.41) is 2.88. The van der Waals surface area contributed by atoms with Crippen LogP contribution in [0, 0.1) is 13.8 Å². The van der Waals surface area contributed by atoms with E-state index in [1.807, 2.05) is 50.2 Å². The van der Waals surface area contributed by atoms with Crippen molar-refractivity contribution >= 4 is 89.4 Å². The lowest BCUT2D eigenvalue weighted by Gasteiger charge is -2.14. The number of carbonyl (C=O) groups excluding carboxylic acids is 2. The molecular formula is C27H22Br2N2O4S2. The Kier molecular flexibility index (Phi) is 8.74. The topological polar surface area (TPSA) is 67.9 Å². The molecule has 190 valence electrons. The van der Waals surface area contributed by atoms with E-state index in [-0.39, 0.29) is 18.4 Å². The lowest BCUT2D eigenvalue weighted by atomic mass is 10.1. The van der Waals surface area contributed by atoms with Crippen molar-refractivity contribution in [2.75, 3.05) is 23.9 Å². The molecule has 6 nitrogen and oxygen atoms in total. The van der Waals surface area contributed by atoms with Gasteiger partial charge in [-0.25, -0.2) is 0 Å². The highest BCUT2D eigenvalue weighted by Crippen LogP contribution is 2.37. The van der Waals surface area contributed by atoms with Crippen molar-refractivity contribution in [1.82, 2.24) is 0 Å². The minimum atomic E-state index is -0.285. The van der Waals surface area contributed by atoms with Gasteiger partial charge in [0.2, 0.25) is 0 Å². The Balaban J connectivity index is 1.45. The first kappa shape index (κ1) is 27.4. The van der Waals surface area contributed by atoms with Crippen LogP contribution in [0.1, 0.15) is 16.7 Å². The van der Waals surface area contributed by atoms with Crippen molar-refractivity contribution in [3.8, 4) is 11.5 Å². The van der Waals surface area contributed by atoms with Crippen molar-refractivity contribution in [1.29, 1.82) is 0 Å². The van der Waals surface area contributed by atoms with E-state index >= 15 is 0 Å². The van der Waals surface area contributed by atoms with E-state index in [1.54, 1.807) is 24.3 Å². The molecule has 0 radical (unpaired) electrons. The second kappa shape index (κ2) is 11.8. The SMILES string of the molecule is COc1cc(/C=C2/SC(=S)N(c3ccc(Br)cc3)C2=O)ccc1OCC(=O)Nc1ccc(Br)c(C)c1C. The number of thioether (sulfide) groups is 1. The molecule has 1 aliphatic rings. The summed E-state index contributed by atoms with van der Waals surface area (Å²) in [6.45, 7) is 3.75. The van der Waals surface area contributed by atoms with Crippen LogP contribution in [0.15, 0.2) is 68.4 Å². The van der Waals surface area contributed by atoms with Gasteiger partial charge in [0.05, 0.1) is 17.7 Å². The molecule has 0 atom stereocenters. The standard InChI is InChI=1S/C27H22Br2N2O4S2/c1-15-16(2)21(10-9-20(15)29)30-25(32)14-35-22-11-4-17(12-23(22)34-3)13-24-26(33)31(27(36)37-24)19-7-5-18(28)6-8-19/h4-13H,14H2,1-3H3,(H,30,32)/b24-13+. The van der Waals surface area contributed by atoms with Gasteiger partial charge in [0.1, 0.15) is 0 Å². The van der Waals surface area contributed by atoms with E-state index in [0.717, 1.165) is 31.3 Å². The van der Waals surface area contributed by atoms with Crippen molar-refractivity contribution < 1.29 is 19.1 Å². The normalized spacial score (nSPS) is 14.3. The maximum Gasteiger partial charge on any atom is 0.270 e. The van der Waals surface area contributed by atoms with Gasteiger partial charge in [-0.05, 0) is 85.1 Å². The third-order valence-electron chi connectivity index (χ3n) is 5.72. The monoisotopic (exact) mass is 660 g/mol. The van der Waals surface area contributed by atoms with E-state index in [1.165, 1.54) is 23.8 Å². The Morgan fingerprint density at radius 2 is 1.78 bits per heavy atom. The number of methoxy groups -OCH3 is 1. The molecule has 0 spiro atoms. The van der Waals surface area contributed by atoms with Crippen molar-refractivity contribution in [3.05, 3.63) is 85.1 Å². The van der Waals surface area contributed by atoms with Crippen LogP contribution in [0.4, 0.5) is 11.4 Å². The van der Waals surface area contributed by atoms with Gasteiger partial charge in [-0.3, -0.25) is 14.5 Å². The van der Waals surface area contributed by atoms with Crippen LogP contribution in [-0.4, -0.2) is 29.9 Å². The fourth-order valence-corrected chi connectivity index (χ4v) is 5.57. The predicted octanol–water partition coefficient (Wildman–Crippen LogP) is 7.26. The number of halogens is 2. The zero-order chi connectivity index (χ0) is 26.7. The Morgan fingerprint density at radius 1 is 1.05 bits per heavy atom. The number of amides is 2. The molecule has 2 amide bonds. The summed E-state index contributed by atoms with van der Waals surface area (Å²) >= 11 is 13.6. The molecule has 1 fully saturated rings. The lowest BCUT2D eigenvalue weighted by molar-refractivity contribution is -0.118. The largest absolute Gasteiger partial charge is 0.493 e. The number of nitrogens with one attached hydrogen (secondary N) is 1. The first-order valence-corrected chi connectivity index (χ1v) is 13.9. The quantitative estimate of drug-likeness (QED) is 0.212. The Labute approximate surface area is 241 Å². The van der Waals surface area contributed by atoms with Gasteiger partial charge < -0.3 is 14.8 Å². The fraction of sp³-hybridized carbons (Fsp3) is 0.148. The number of anilines is 2. The number of benzene rings is 3. The fourth-order valence-electron chi connectivity index (χ4n) is 3.58. The highest BCUT2D eigenvalue weighted by Gasteiger charge is 2.33. The van der Waals surface area contributed by atoms with Gasteiger partial charge in [0.25, 0.3) is 11.8 Å². The Hall–Kier alpha value is -2.66. The van der Waals surface area contributed by atoms with E-state index < -0.39 is 0 Å². The average Bonchev–Trinajstić information content (AvgIpc) is 3.16. The zero-order valence-corrected chi connectivity index (χ0v) is 24.9. The van der Waals surface area contributed by atoms with Gasteiger partial charge in [0, 0.05) is 14.6 Å². The summed E-state index contributed by atoms with van der Waals surface area (Å²) in [6.07, 6.45) is 1.76. The molecule has 1 heterocycles. The van der Waals surface area contributed by atoms with Gasteiger partial charge in [0.15, 0.2) is 22.4 Å². The second-order valence-electron chi connectivity index (χ2n) is 8.09. The van der Waals surface area contributed by atoms with Crippen molar-refractivity contribution in [2.24, 2.45) is 0 Å². The number of ether oxygens (including phenoxy) is 2. The summed E-state index contributed by atoms with van der Waals surface area (Å²) in [5.74, 6) is 0.390. The Bertz CT molecular complexity index is 1420. The van der Waals surface area contributed by atoms with Crippen molar-refractivity contribution in [3.63, 3.8) is 0 Å². The maximum atomic E-state index is 13.1. The summed E-state index contributed by atoms with van der Waals surface area (Å²) in [7, 11) is 1.52. The molecule has 0 aromatic heterocycles.